The fourth-order valence-electron chi connectivity index (χ4n) is 3.13. The zero-order valence-corrected chi connectivity index (χ0v) is 21.0. The topological polar surface area (TPSA) is 105 Å². The maximum atomic E-state index is 13.0. The van der Waals surface area contributed by atoms with Crippen molar-refractivity contribution in [2.24, 2.45) is 5.41 Å². The Hall–Kier alpha value is -1.91. The first kappa shape index (κ1) is 25.4. The van der Waals surface area contributed by atoms with E-state index in [4.69, 9.17) is 10.1 Å². The molecule has 1 amide bonds. The van der Waals surface area contributed by atoms with Crippen LogP contribution < -0.4 is 5.32 Å². The van der Waals surface area contributed by atoms with E-state index in [9.17, 15) is 13.2 Å². The molecule has 0 aliphatic heterocycles. The molecule has 10 heteroatoms. The number of carboxylic acid groups (broad SMARTS) is 1. The summed E-state index contributed by atoms with van der Waals surface area (Å²) < 4.78 is 29.4. The van der Waals surface area contributed by atoms with Crippen LogP contribution in [0, 0.1) is 5.41 Å². The Kier molecular flexibility index (Phi) is 8.29. The average Bonchev–Trinajstić information content (AvgIpc) is 3.10. The van der Waals surface area contributed by atoms with Gasteiger partial charge in [0.2, 0.25) is 0 Å². The number of amides is 1. The fourth-order valence-corrected chi connectivity index (χ4v) is 4.43. The highest BCUT2D eigenvalue weighted by Gasteiger charge is 2.29. The van der Waals surface area contributed by atoms with E-state index in [-0.39, 0.29) is 12.0 Å². The van der Waals surface area contributed by atoms with Crippen LogP contribution in [0.4, 0.5) is 4.79 Å². The van der Waals surface area contributed by atoms with Gasteiger partial charge in [-0.25, -0.2) is 13.8 Å². The van der Waals surface area contributed by atoms with Gasteiger partial charge in [-0.1, -0.05) is 55.3 Å². The SMILES string of the molecule is CCC(C)(C)Cc1cn(S(=O)(=O)N(C)C)c(C(CNC(=O)O)Cc2ccc(Br)cc2)n1. The van der Waals surface area contributed by atoms with E-state index in [1.807, 2.05) is 24.3 Å². The molecule has 0 saturated heterocycles. The summed E-state index contributed by atoms with van der Waals surface area (Å²) in [7, 11) is -0.894. The van der Waals surface area contributed by atoms with Crippen LogP contribution in [0.5, 0.6) is 0 Å². The van der Waals surface area contributed by atoms with Gasteiger partial charge in [-0.3, -0.25) is 0 Å². The van der Waals surface area contributed by atoms with Crippen LogP contribution in [0.1, 0.15) is 50.2 Å². The Balaban J connectivity index is 2.55. The van der Waals surface area contributed by atoms with Gasteiger partial charge in [0, 0.05) is 37.2 Å². The van der Waals surface area contributed by atoms with Gasteiger partial charge in [0.1, 0.15) is 5.82 Å². The van der Waals surface area contributed by atoms with Crippen molar-refractivity contribution >= 4 is 32.2 Å². The molecule has 1 unspecified atom stereocenters. The minimum Gasteiger partial charge on any atom is -0.465 e. The number of hydrogen-bond donors (Lipinski definition) is 2. The molecule has 172 valence electrons. The van der Waals surface area contributed by atoms with Crippen LogP contribution in [0.2, 0.25) is 0 Å². The number of aromatic nitrogens is 2. The number of halogens is 1. The van der Waals surface area contributed by atoms with Gasteiger partial charge < -0.3 is 10.4 Å². The normalized spacial score (nSPS) is 13.4. The van der Waals surface area contributed by atoms with Gasteiger partial charge in [-0.15, -0.1) is 0 Å². The van der Waals surface area contributed by atoms with E-state index < -0.39 is 22.2 Å². The number of nitrogens with one attached hydrogen (secondary N) is 1. The molecule has 0 bridgehead atoms. The molecule has 1 aromatic carbocycles. The maximum absolute atomic E-state index is 13.0. The summed E-state index contributed by atoms with van der Waals surface area (Å²) in [4.78, 5) is 15.9. The van der Waals surface area contributed by atoms with Crippen LogP contribution in [0.15, 0.2) is 34.9 Å². The molecular formula is C21H31BrN4O4S. The van der Waals surface area contributed by atoms with E-state index in [1.165, 1.54) is 18.1 Å². The molecule has 2 aromatic rings. The van der Waals surface area contributed by atoms with Gasteiger partial charge in [-0.2, -0.15) is 12.7 Å². The predicted molar refractivity (Wildman–Crippen MR) is 125 cm³/mol. The summed E-state index contributed by atoms with van der Waals surface area (Å²) in [5.74, 6) is -0.141. The van der Waals surface area contributed by atoms with Crippen LogP contribution in [-0.2, 0) is 23.1 Å². The minimum absolute atomic E-state index is 0.0428. The average molecular weight is 515 g/mol. The molecule has 1 heterocycles. The summed E-state index contributed by atoms with van der Waals surface area (Å²) in [6.07, 6.45) is 2.37. The van der Waals surface area contributed by atoms with Crippen molar-refractivity contribution in [2.45, 2.75) is 46.0 Å². The molecule has 0 spiro atoms. The van der Waals surface area contributed by atoms with Crippen molar-refractivity contribution in [3.63, 3.8) is 0 Å². The Bertz CT molecular complexity index is 1000. The predicted octanol–water partition coefficient (Wildman–Crippen LogP) is 3.87. The van der Waals surface area contributed by atoms with Gasteiger partial charge in [0.15, 0.2) is 0 Å². The molecular weight excluding hydrogens is 484 g/mol. The van der Waals surface area contributed by atoms with Gasteiger partial charge in [0.05, 0.1) is 5.69 Å². The van der Waals surface area contributed by atoms with Crippen LogP contribution in [0.3, 0.4) is 0 Å². The summed E-state index contributed by atoms with van der Waals surface area (Å²) in [5.41, 5.74) is 1.58. The molecule has 0 aliphatic carbocycles. The highest BCUT2D eigenvalue weighted by Crippen LogP contribution is 2.28. The Labute approximate surface area is 193 Å². The second-order valence-corrected chi connectivity index (χ2v) is 11.5. The molecule has 2 rings (SSSR count). The quantitative estimate of drug-likeness (QED) is 0.500. The Morgan fingerprint density at radius 3 is 2.42 bits per heavy atom. The Morgan fingerprint density at radius 1 is 1.29 bits per heavy atom. The standard InChI is InChI=1S/C21H31BrN4O4S/c1-6-21(2,3)12-18-14-26(31(29,30)25(4)5)19(24-18)16(13-23-20(27)28)11-15-7-9-17(22)10-8-15/h7-10,14,16,23H,6,11-13H2,1-5H3,(H,27,28). The fraction of sp³-hybridized carbons (Fsp3) is 0.524. The lowest BCUT2D eigenvalue weighted by molar-refractivity contribution is 0.193. The Morgan fingerprint density at radius 2 is 1.90 bits per heavy atom. The summed E-state index contributed by atoms with van der Waals surface area (Å²) in [5, 5.41) is 11.5. The third kappa shape index (κ3) is 6.78. The zero-order valence-electron chi connectivity index (χ0n) is 18.6. The number of carbonyl (C=O) groups is 1. The summed E-state index contributed by atoms with van der Waals surface area (Å²) in [6, 6.07) is 7.64. The van der Waals surface area contributed by atoms with E-state index in [0.29, 0.717) is 24.4 Å². The number of imidazole rings is 1. The van der Waals surface area contributed by atoms with Crippen molar-refractivity contribution in [3.05, 3.63) is 52.0 Å². The van der Waals surface area contributed by atoms with Crippen molar-refractivity contribution in [1.82, 2.24) is 18.6 Å². The van der Waals surface area contributed by atoms with Crippen molar-refractivity contribution in [3.8, 4) is 0 Å². The smallest absolute Gasteiger partial charge is 0.404 e. The van der Waals surface area contributed by atoms with Crippen molar-refractivity contribution in [1.29, 1.82) is 0 Å². The second-order valence-electron chi connectivity index (χ2n) is 8.58. The number of benzene rings is 1. The van der Waals surface area contributed by atoms with E-state index in [1.54, 1.807) is 6.20 Å². The third-order valence-corrected chi connectivity index (χ3v) is 7.58. The molecule has 2 N–H and O–H groups in total. The number of nitrogens with zero attached hydrogens (tertiary/aromatic N) is 3. The first-order valence-electron chi connectivity index (χ1n) is 10.1. The summed E-state index contributed by atoms with van der Waals surface area (Å²) >= 11 is 3.41. The van der Waals surface area contributed by atoms with E-state index >= 15 is 0 Å². The zero-order chi connectivity index (χ0) is 23.4. The molecule has 0 saturated carbocycles. The summed E-state index contributed by atoms with van der Waals surface area (Å²) in [6.45, 7) is 6.35. The van der Waals surface area contributed by atoms with Gasteiger partial charge in [0.25, 0.3) is 0 Å². The highest BCUT2D eigenvalue weighted by molar-refractivity contribution is 9.10. The van der Waals surface area contributed by atoms with E-state index in [2.05, 4.69) is 42.0 Å². The largest absolute Gasteiger partial charge is 0.465 e. The minimum atomic E-state index is -3.83. The maximum Gasteiger partial charge on any atom is 0.404 e. The van der Waals surface area contributed by atoms with Gasteiger partial charge in [-0.05, 0) is 36.0 Å². The molecule has 31 heavy (non-hydrogen) atoms. The molecule has 0 radical (unpaired) electrons. The first-order chi connectivity index (χ1) is 14.4. The molecule has 1 atom stereocenters. The van der Waals surface area contributed by atoms with Crippen LogP contribution >= 0.6 is 15.9 Å². The van der Waals surface area contributed by atoms with Gasteiger partial charge >= 0.3 is 16.3 Å². The molecule has 8 nitrogen and oxygen atoms in total. The molecule has 0 aliphatic rings. The monoisotopic (exact) mass is 514 g/mol. The van der Waals surface area contributed by atoms with Crippen LogP contribution in [-0.4, -0.2) is 53.5 Å². The third-order valence-electron chi connectivity index (χ3n) is 5.34. The lowest BCUT2D eigenvalue weighted by atomic mass is 9.85. The molecule has 0 fully saturated rings. The molecule has 1 aromatic heterocycles. The first-order valence-corrected chi connectivity index (χ1v) is 12.3. The number of hydrogen-bond acceptors (Lipinski definition) is 4. The lowest BCUT2D eigenvalue weighted by Crippen LogP contribution is -2.33. The highest BCUT2D eigenvalue weighted by atomic mass is 79.9. The van der Waals surface area contributed by atoms with E-state index in [0.717, 1.165) is 20.8 Å². The van der Waals surface area contributed by atoms with Crippen molar-refractivity contribution in [2.75, 3.05) is 20.6 Å². The lowest BCUT2D eigenvalue weighted by Gasteiger charge is -2.21. The van der Waals surface area contributed by atoms with Crippen LogP contribution in [0.25, 0.3) is 0 Å². The second kappa shape index (κ2) is 10.1. The number of rotatable bonds is 10. The van der Waals surface area contributed by atoms with Crippen molar-refractivity contribution < 1.29 is 18.3 Å².